The first kappa shape index (κ1) is 13.1. The van der Waals surface area contributed by atoms with Crippen molar-refractivity contribution in [2.75, 3.05) is 40.0 Å². The minimum absolute atomic E-state index is 0.821. The highest BCUT2D eigenvalue weighted by Gasteiger charge is 2.25. The second kappa shape index (κ2) is 6.55. The first-order valence-corrected chi connectivity index (χ1v) is 6.78. The van der Waals surface area contributed by atoms with Crippen LogP contribution in [0, 0.1) is 0 Å². The van der Waals surface area contributed by atoms with Gasteiger partial charge >= 0.3 is 0 Å². The van der Waals surface area contributed by atoms with Crippen LogP contribution in [0.25, 0.3) is 0 Å². The molecule has 1 rings (SSSR count). The Kier molecular flexibility index (Phi) is 6.60. The van der Waals surface area contributed by atoms with Crippen LogP contribution in [-0.2, 0) is 9.09 Å². The van der Waals surface area contributed by atoms with Crippen LogP contribution >= 0.6 is 7.52 Å². The third-order valence-corrected chi connectivity index (χ3v) is 4.05. The molecule has 0 spiro atoms. The molecule has 0 bridgehead atoms. The van der Waals surface area contributed by atoms with Gasteiger partial charge in [0.2, 0.25) is 0 Å². The Balaban J connectivity index is 0.000000671. The lowest BCUT2D eigenvalue weighted by atomic mass is 10.4. The van der Waals surface area contributed by atoms with Gasteiger partial charge in [0, 0.05) is 40.0 Å². The van der Waals surface area contributed by atoms with E-state index in [1.165, 1.54) is 7.11 Å². The Morgan fingerprint density at radius 1 is 1.31 bits per heavy atom. The van der Waals surface area contributed by atoms with Crippen LogP contribution in [-0.4, -0.2) is 44.6 Å². The Hall–Kier alpha value is 0.110. The Morgan fingerprint density at radius 2 is 1.77 bits per heavy atom. The molecule has 1 N–H and O–H groups in total. The third-order valence-electron chi connectivity index (χ3n) is 1.95. The zero-order chi connectivity index (χ0) is 10.3. The van der Waals surface area contributed by atoms with E-state index in [4.69, 9.17) is 4.52 Å². The van der Waals surface area contributed by atoms with Gasteiger partial charge in [0.05, 0.1) is 0 Å². The molecule has 0 aromatic rings. The molecule has 0 amide bonds. The predicted molar refractivity (Wildman–Crippen MR) is 56.3 cm³/mol. The first-order chi connectivity index (χ1) is 6.17. The van der Waals surface area contributed by atoms with Gasteiger partial charge in [0.25, 0.3) is 7.52 Å². The predicted octanol–water partition coefficient (Wildman–Crippen LogP) is 1.39. The van der Waals surface area contributed by atoms with Crippen molar-refractivity contribution in [2.24, 2.45) is 0 Å². The summed E-state index contributed by atoms with van der Waals surface area (Å²) >= 11 is 0. The molecular weight excluding hydrogens is 187 g/mol. The molecule has 1 aliphatic heterocycles. The molecule has 4 nitrogen and oxygen atoms in total. The van der Waals surface area contributed by atoms with Crippen molar-refractivity contribution in [3.8, 4) is 0 Å². The molecule has 0 aliphatic carbocycles. The normalized spacial score (nSPS) is 22.8. The van der Waals surface area contributed by atoms with E-state index in [9.17, 15) is 4.57 Å². The van der Waals surface area contributed by atoms with Crippen LogP contribution in [0.15, 0.2) is 0 Å². The lowest BCUT2D eigenvalue weighted by molar-refractivity contribution is 0.288. The smallest absolute Gasteiger partial charge is 0.269 e. The SMILES string of the molecule is CC.COP(C)(=O)N1CCNCC1. The highest BCUT2D eigenvalue weighted by molar-refractivity contribution is 7.55. The molecule has 1 aliphatic rings. The average molecular weight is 208 g/mol. The highest BCUT2D eigenvalue weighted by Crippen LogP contribution is 2.45. The van der Waals surface area contributed by atoms with E-state index in [1.807, 2.05) is 18.5 Å². The average Bonchev–Trinajstić information content (AvgIpc) is 2.22. The molecule has 1 atom stereocenters. The van der Waals surface area contributed by atoms with E-state index in [-0.39, 0.29) is 0 Å². The van der Waals surface area contributed by atoms with Crippen LogP contribution in [0.4, 0.5) is 0 Å². The van der Waals surface area contributed by atoms with Crippen LogP contribution in [0.2, 0.25) is 0 Å². The lowest BCUT2D eigenvalue weighted by Gasteiger charge is -2.30. The van der Waals surface area contributed by atoms with Crippen LogP contribution in [0.5, 0.6) is 0 Å². The number of nitrogens with zero attached hydrogens (tertiary/aromatic N) is 1. The second-order valence-corrected chi connectivity index (χ2v) is 5.23. The minimum atomic E-state index is -2.46. The van der Waals surface area contributed by atoms with Crippen LogP contribution < -0.4 is 5.32 Å². The van der Waals surface area contributed by atoms with Crippen molar-refractivity contribution in [1.82, 2.24) is 9.99 Å². The van der Waals surface area contributed by atoms with Gasteiger partial charge in [-0.3, -0.25) is 4.57 Å². The summed E-state index contributed by atoms with van der Waals surface area (Å²) in [7, 11) is -0.953. The van der Waals surface area contributed by atoms with Crippen molar-refractivity contribution in [1.29, 1.82) is 0 Å². The zero-order valence-corrected chi connectivity index (χ0v) is 9.93. The molecule has 1 unspecified atom stereocenters. The van der Waals surface area contributed by atoms with Crippen LogP contribution in [0.1, 0.15) is 13.8 Å². The van der Waals surface area contributed by atoms with E-state index in [2.05, 4.69) is 5.32 Å². The fourth-order valence-corrected chi connectivity index (χ4v) is 2.29. The summed E-state index contributed by atoms with van der Waals surface area (Å²) in [4.78, 5) is 0. The maximum Gasteiger partial charge on any atom is 0.269 e. The number of hydrogen-bond donors (Lipinski definition) is 1. The van der Waals surface area contributed by atoms with E-state index in [1.54, 1.807) is 6.66 Å². The summed E-state index contributed by atoms with van der Waals surface area (Å²) in [5.41, 5.74) is 0. The van der Waals surface area contributed by atoms with E-state index in [0.717, 1.165) is 26.2 Å². The fraction of sp³-hybridized carbons (Fsp3) is 1.00. The summed E-state index contributed by atoms with van der Waals surface area (Å²) < 4.78 is 18.5. The van der Waals surface area contributed by atoms with Gasteiger partial charge in [-0.25, -0.2) is 4.67 Å². The largest absolute Gasteiger partial charge is 0.321 e. The summed E-state index contributed by atoms with van der Waals surface area (Å²) in [5.74, 6) is 0. The molecule has 0 aromatic carbocycles. The molecule has 1 saturated heterocycles. The molecular formula is C8H21N2O2P. The van der Waals surface area contributed by atoms with E-state index < -0.39 is 7.52 Å². The Morgan fingerprint density at radius 3 is 2.15 bits per heavy atom. The van der Waals surface area contributed by atoms with E-state index >= 15 is 0 Å². The molecule has 1 heterocycles. The van der Waals surface area contributed by atoms with Gasteiger partial charge in [0.1, 0.15) is 0 Å². The van der Waals surface area contributed by atoms with Gasteiger partial charge in [-0.2, -0.15) is 0 Å². The maximum atomic E-state index is 11.6. The highest BCUT2D eigenvalue weighted by atomic mass is 31.2. The lowest BCUT2D eigenvalue weighted by Crippen LogP contribution is -2.41. The molecule has 0 radical (unpaired) electrons. The van der Waals surface area contributed by atoms with Gasteiger partial charge in [-0.1, -0.05) is 13.8 Å². The molecule has 0 saturated carbocycles. The quantitative estimate of drug-likeness (QED) is 0.696. The van der Waals surface area contributed by atoms with E-state index in [0.29, 0.717) is 0 Å². The maximum absolute atomic E-state index is 11.6. The number of rotatable bonds is 2. The van der Waals surface area contributed by atoms with Gasteiger partial charge in [0.15, 0.2) is 0 Å². The van der Waals surface area contributed by atoms with Crippen molar-refractivity contribution in [2.45, 2.75) is 13.8 Å². The Labute approximate surface area is 81.1 Å². The summed E-state index contributed by atoms with van der Waals surface area (Å²) in [6.45, 7) is 9.12. The fourth-order valence-electron chi connectivity index (χ4n) is 1.13. The van der Waals surface area contributed by atoms with Gasteiger partial charge < -0.3 is 9.84 Å². The molecule has 13 heavy (non-hydrogen) atoms. The van der Waals surface area contributed by atoms with Crippen molar-refractivity contribution in [3.63, 3.8) is 0 Å². The first-order valence-electron chi connectivity index (χ1n) is 4.76. The van der Waals surface area contributed by atoms with Crippen molar-refractivity contribution in [3.05, 3.63) is 0 Å². The van der Waals surface area contributed by atoms with Crippen LogP contribution in [0.3, 0.4) is 0 Å². The standard InChI is InChI=1S/C6H15N2O2P.C2H6/c1-10-11(2,9)8-5-3-7-4-6-8;1-2/h7H,3-6H2,1-2H3;1-2H3. The second-order valence-electron chi connectivity index (χ2n) is 2.69. The minimum Gasteiger partial charge on any atom is -0.321 e. The van der Waals surface area contributed by atoms with Gasteiger partial charge in [-0.05, 0) is 0 Å². The Bertz CT molecular complexity index is 170. The summed E-state index contributed by atoms with van der Waals surface area (Å²) in [6.07, 6.45) is 0. The summed E-state index contributed by atoms with van der Waals surface area (Å²) in [6, 6.07) is 0. The number of piperazine rings is 1. The van der Waals surface area contributed by atoms with Gasteiger partial charge in [-0.15, -0.1) is 0 Å². The summed E-state index contributed by atoms with van der Waals surface area (Å²) in [5, 5.41) is 3.19. The topological polar surface area (TPSA) is 41.6 Å². The molecule has 80 valence electrons. The molecule has 5 heteroatoms. The van der Waals surface area contributed by atoms with Crippen molar-refractivity contribution >= 4 is 7.52 Å². The number of nitrogens with one attached hydrogen (secondary N) is 1. The monoisotopic (exact) mass is 208 g/mol. The molecule has 0 aromatic heterocycles. The van der Waals surface area contributed by atoms with Crippen molar-refractivity contribution < 1.29 is 9.09 Å². The number of hydrogen-bond acceptors (Lipinski definition) is 3. The molecule has 1 fully saturated rings. The zero-order valence-electron chi connectivity index (χ0n) is 9.04. The third kappa shape index (κ3) is 4.23.